The Balaban J connectivity index is 2.04. The van der Waals surface area contributed by atoms with Crippen LogP contribution in [0.1, 0.15) is 43.4 Å². The molecule has 24 heavy (non-hydrogen) atoms. The van der Waals surface area contributed by atoms with Crippen LogP contribution in [0.2, 0.25) is 0 Å². The Morgan fingerprint density at radius 1 is 0.958 bits per heavy atom. The number of benzene rings is 2. The molecule has 0 spiro atoms. The Bertz CT molecular complexity index is 861. The Morgan fingerprint density at radius 3 is 2.33 bits per heavy atom. The number of methoxy groups -OCH3 is 2. The van der Waals surface area contributed by atoms with E-state index in [2.05, 4.69) is 45.0 Å². The van der Waals surface area contributed by atoms with E-state index in [0.29, 0.717) is 11.7 Å². The van der Waals surface area contributed by atoms with Crippen LogP contribution in [0.4, 0.5) is 0 Å². The predicted octanol–water partition coefficient (Wildman–Crippen LogP) is 4.79. The summed E-state index contributed by atoms with van der Waals surface area (Å²) in [5.41, 5.74) is 6.00. The first kappa shape index (κ1) is 15.1. The molecule has 0 N–H and O–H groups in total. The fourth-order valence-electron chi connectivity index (χ4n) is 4.20. The van der Waals surface area contributed by atoms with Crippen LogP contribution in [-0.4, -0.2) is 19.8 Å². The zero-order valence-corrected chi connectivity index (χ0v) is 14.8. The van der Waals surface area contributed by atoms with Crippen LogP contribution in [0.5, 0.6) is 17.2 Å². The quantitative estimate of drug-likeness (QED) is 0.795. The Kier molecular flexibility index (Phi) is 3.17. The number of fused-ring (bicyclic) bond motifs is 4. The maximum atomic E-state index is 6.38. The Hall–Kier alpha value is -2.42. The fourth-order valence-corrected chi connectivity index (χ4v) is 4.20. The summed E-state index contributed by atoms with van der Waals surface area (Å²) in [5, 5.41) is 0. The second kappa shape index (κ2) is 5.04. The van der Waals surface area contributed by atoms with E-state index in [-0.39, 0.29) is 5.60 Å². The van der Waals surface area contributed by atoms with Gasteiger partial charge in [-0.15, -0.1) is 0 Å². The van der Waals surface area contributed by atoms with Gasteiger partial charge in [-0.1, -0.05) is 31.2 Å². The average Bonchev–Trinajstić information content (AvgIpc) is 2.88. The van der Waals surface area contributed by atoms with Gasteiger partial charge in [0, 0.05) is 17.5 Å². The largest absolute Gasteiger partial charge is 0.493 e. The van der Waals surface area contributed by atoms with Gasteiger partial charge in [0.25, 0.3) is 0 Å². The highest BCUT2D eigenvalue weighted by atomic mass is 16.5. The van der Waals surface area contributed by atoms with Gasteiger partial charge >= 0.3 is 0 Å². The van der Waals surface area contributed by atoms with Crippen molar-refractivity contribution in [3.05, 3.63) is 58.7 Å². The summed E-state index contributed by atoms with van der Waals surface area (Å²) in [6.45, 7) is 6.55. The zero-order chi connectivity index (χ0) is 17.1. The minimum Gasteiger partial charge on any atom is -0.493 e. The van der Waals surface area contributed by atoms with Crippen LogP contribution >= 0.6 is 0 Å². The van der Waals surface area contributed by atoms with Crippen molar-refractivity contribution in [2.24, 2.45) is 0 Å². The van der Waals surface area contributed by atoms with E-state index in [0.717, 1.165) is 17.1 Å². The van der Waals surface area contributed by atoms with E-state index in [4.69, 9.17) is 14.2 Å². The third-order valence-electron chi connectivity index (χ3n) is 5.17. The average molecular weight is 322 g/mol. The molecule has 0 saturated carbocycles. The molecule has 4 rings (SSSR count). The van der Waals surface area contributed by atoms with Gasteiger partial charge in [-0.05, 0) is 42.2 Å². The van der Waals surface area contributed by atoms with Gasteiger partial charge in [0.05, 0.1) is 14.2 Å². The highest BCUT2D eigenvalue weighted by Crippen LogP contribution is 2.56. The van der Waals surface area contributed by atoms with Crippen molar-refractivity contribution in [2.75, 3.05) is 14.2 Å². The van der Waals surface area contributed by atoms with E-state index in [1.54, 1.807) is 14.2 Å². The zero-order valence-electron chi connectivity index (χ0n) is 14.8. The molecule has 2 aliphatic rings. The minimum atomic E-state index is -0.361. The molecule has 124 valence electrons. The highest BCUT2D eigenvalue weighted by molar-refractivity contribution is 5.93. The maximum absolute atomic E-state index is 6.38. The molecule has 3 heteroatoms. The van der Waals surface area contributed by atoms with Crippen molar-refractivity contribution < 1.29 is 14.2 Å². The first-order chi connectivity index (χ1) is 11.5. The van der Waals surface area contributed by atoms with Crippen molar-refractivity contribution in [3.63, 3.8) is 0 Å². The molecule has 0 fully saturated rings. The minimum absolute atomic E-state index is 0.340. The van der Waals surface area contributed by atoms with E-state index in [1.807, 2.05) is 12.1 Å². The lowest BCUT2D eigenvalue weighted by Crippen LogP contribution is -2.35. The molecule has 0 amide bonds. The van der Waals surface area contributed by atoms with E-state index in [9.17, 15) is 0 Å². The third-order valence-corrected chi connectivity index (χ3v) is 5.17. The van der Waals surface area contributed by atoms with Crippen LogP contribution in [-0.2, 0) is 0 Å². The number of rotatable bonds is 2. The molecule has 1 heterocycles. The first-order valence-electron chi connectivity index (χ1n) is 8.27. The smallest absolute Gasteiger partial charge is 0.164 e. The van der Waals surface area contributed by atoms with Gasteiger partial charge in [0.1, 0.15) is 11.4 Å². The summed E-state index contributed by atoms with van der Waals surface area (Å²) in [4.78, 5) is 0. The summed E-state index contributed by atoms with van der Waals surface area (Å²) in [7, 11) is 3.31. The van der Waals surface area contributed by atoms with E-state index in [1.165, 1.54) is 22.3 Å². The first-order valence-corrected chi connectivity index (χ1v) is 8.27. The molecule has 2 aromatic rings. The summed E-state index contributed by atoms with van der Waals surface area (Å²) >= 11 is 0. The summed E-state index contributed by atoms with van der Waals surface area (Å²) < 4.78 is 17.3. The second-order valence-corrected chi connectivity index (χ2v) is 6.91. The van der Waals surface area contributed by atoms with Crippen LogP contribution in [0.15, 0.2) is 42.0 Å². The molecule has 1 aliphatic carbocycles. The predicted molar refractivity (Wildman–Crippen MR) is 95.1 cm³/mol. The summed E-state index contributed by atoms with van der Waals surface area (Å²) in [6, 6.07) is 12.6. The number of hydrogen-bond acceptors (Lipinski definition) is 3. The maximum Gasteiger partial charge on any atom is 0.164 e. The SMILES string of the molecule is COc1cc2c(cc1OC)C1=C(C(C)c3ccccc31)C(C)(C)O2. The van der Waals surface area contributed by atoms with Crippen molar-refractivity contribution in [1.29, 1.82) is 0 Å². The van der Waals surface area contributed by atoms with Gasteiger partial charge in [-0.3, -0.25) is 0 Å². The molecule has 1 aliphatic heterocycles. The topological polar surface area (TPSA) is 27.7 Å². The van der Waals surface area contributed by atoms with Crippen molar-refractivity contribution in [2.45, 2.75) is 32.3 Å². The van der Waals surface area contributed by atoms with Crippen LogP contribution < -0.4 is 14.2 Å². The molecule has 1 atom stereocenters. The standard InChI is InChI=1S/C21H22O3/c1-12-13-8-6-7-9-14(13)19-15-10-17(22-4)18(23-5)11-16(15)24-21(2,3)20(12)19/h6-12H,1-5H3. The van der Waals surface area contributed by atoms with Crippen LogP contribution in [0.3, 0.4) is 0 Å². The number of ether oxygens (including phenoxy) is 3. The lowest BCUT2D eigenvalue weighted by atomic mass is 9.82. The van der Waals surface area contributed by atoms with Gasteiger partial charge in [0.2, 0.25) is 0 Å². The van der Waals surface area contributed by atoms with Crippen molar-refractivity contribution in [1.82, 2.24) is 0 Å². The summed E-state index contributed by atoms with van der Waals surface area (Å²) in [5.74, 6) is 2.60. The van der Waals surface area contributed by atoms with Gasteiger partial charge < -0.3 is 14.2 Å². The molecule has 0 bridgehead atoms. The molecule has 1 unspecified atom stereocenters. The Morgan fingerprint density at radius 2 is 1.62 bits per heavy atom. The molecular weight excluding hydrogens is 300 g/mol. The molecule has 2 aromatic carbocycles. The van der Waals surface area contributed by atoms with Crippen LogP contribution in [0, 0.1) is 0 Å². The lowest BCUT2D eigenvalue weighted by Gasteiger charge is -2.37. The molecule has 0 saturated heterocycles. The highest BCUT2D eigenvalue weighted by Gasteiger charge is 2.43. The molecule has 0 aromatic heterocycles. The molecule has 0 radical (unpaired) electrons. The second-order valence-electron chi connectivity index (χ2n) is 6.91. The van der Waals surface area contributed by atoms with Gasteiger partial charge in [-0.25, -0.2) is 0 Å². The number of hydrogen-bond donors (Lipinski definition) is 0. The molecular formula is C21H22O3. The van der Waals surface area contributed by atoms with Gasteiger partial charge in [0.15, 0.2) is 11.5 Å². The Labute approximate surface area is 142 Å². The fraction of sp³-hybridized carbons (Fsp3) is 0.333. The normalized spacial score (nSPS) is 20.0. The van der Waals surface area contributed by atoms with E-state index >= 15 is 0 Å². The van der Waals surface area contributed by atoms with E-state index < -0.39 is 0 Å². The van der Waals surface area contributed by atoms with Crippen LogP contribution in [0.25, 0.3) is 5.57 Å². The molecule has 3 nitrogen and oxygen atoms in total. The monoisotopic (exact) mass is 322 g/mol. The summed E-state index contributed by atoms with van der Waals surface area (Å²) in [6.07, 6.45) is 0. The lowest BCUT2D eigenvalue weighted by molar-refractivity contribution is 0.138. The third kappa shape index (κ3) is 1.90. The van der Waals surface area contributed by atoms with Crippen molar-refractivity contribution in [3.8, 4) is 17.2 Å². The van der Waals surface area contributed by atoms with Gasteiger partial charge in [-0.2, -0.15) is 0 Å². The van der Waals surface area contributed by atoms with Crippen molar-refractivity contribution >= 4 is 5.57 Å².